The summed E-state index contributed by atoms with van der Waals surface area (Å²) in [6.45, 7) is 3.62. The highest BCUT2D eigenvalue weighted by atomic mass is 31.2. The Morgan fingerprint density at radius 3 is 2.00 bits per heavy atom. The second kappa shape index (κ2) is 5.16. The normalized spacial score (nSPS) is 15.0. The second-order valence-corrected chi connectivity index (χ2v) is 5.72. The van der Waals surface area contributed by atoms with Crippen molar-refractivity contribution in [2.24, 2.45) is 0 Å². The molecule has 5 heteroatoms. The Hall–Kier alpha value is -2.03. The molecule has 0 atom stereocenters. The Kier molecular flexibility index (Phi) is 3.35. The summed E-state index contributed by atoms with van der Waals surface area (Å²) in [5, 5.41) is 0. The number of rotatable bonds is 3. The molecule has 0 amide bonds. The summed E-state index contributed by atoms with van der Waals surface area (Å²) in [5.41, 5.74) is 1.64. The van der Waals surface area contributed by atoms with E-state index >= 15 is 0 Å². The lowest BCUT2D eigenvalue weighted by Crippen LogP contribution is -2.03. The molecule has 2 aromatic rings. The molecule has 2 aromatic carbocycles. The van der Waals surface area contributed by atoms with Crippen LogP contribution in [0.3, 0.4) is 0 Å². The molecular weight excluding hydrogens is 275 g/mol. The Morgan fingerprint density at radius 2 is 1.50 bits per heavy atom. The van der Waals surface area contributed by atoms with Crippen molar-refractivity contribution >= 4 is 7.82 Å². The van der Waals surface area contributed by atoms with Crippen molar-refractivity contribution in [3.05, 3.63) is 61.2 Å². The first kappa shape index (κ1) is 13.0. The zero-order chi connectivity index (χ0) is 14.0. The van der Waals surface area contributed by atoms with E-state index in [4.69, 9.17) is 13.6 Å². The van der Waals surface area contributed by atoms with Gasteiger partial charge in [-0.15, -0.1) is 6.58 Å². The van der Waals surface area contributed by atoms with E-state index in [-0.39, 0.29) is 6.61 Å². The smallest absolute Gasteiger partial charge is 0.394 e. The zero-order valence-corrected chi connectivity index (χ0v) is 11.6. The van der Waals surface area contributed by atoms with E-state index < -0.39 is 7.82 Å². The highest BCUT2D eigenvalue weighted by molar-refractivity contribution is 7.49. The molecule has 102 valence electrons. The van der Waals surface area contributed by atoms with Gasteiger partial charge in [0.2, 0.25) is 0 Å². The van der Waals surface area contributed by atoms with Crippen molar-refractivity contribution in [1.82, 2.24) is 0 Å². The molecule has 0 aliphatic carbocycles. The van der Waals surface area contributed by atoms with Crippen molar-refractivity contribution < 1.29 is 18.1 Å². The lowest BCUT2D eigenvalue weighted by molar-refractivity contribution is 0.231. The van der Waals surface area contributed by atoms with Gasteiger partial charge in [0, 0.05) is 11.1 Å². The van der Waals surface area contributed by atoms with Crippen molar-refractivity contribution in [2.45, 2.75) is 0 Å². The number of hydrogen-bond acceptors (Lipinski definition) is 4. The van der Waals surface area contributed by atoms with Crippen LogP contribution in [0.15, 0.2) is 61.2 Å². The van der Waals surface area contributed by atoms with Gasteiger partial charge < -0.3 is 9.05 Å². The molecule has 4 nitrogen and oxygen atoms in total. The molecule has 0 fully saturated rings. The summed E-state index contributed by atoms with van der Waals surface area (Å²) >= 11 is 0. The largest absolute Gasteiger partial charge is 0.587 e. The van der Waals surface area contributed by atoms with Crippen molar-refractivity contribution in [3.8, 4) is 22.6 Å². The average Bonchev–Trinajstić information content (AvgIpc) is 2.59. The first-order valence-electron chi connectivity index (χ1n) is 6.15. The highest BCUT2D eigenvalue weighted by Gasteiger charge is 2.35. The summed E-state index contributed by atoms with van der Waals surface area (Å²) in [4.78, 5) is 0. The Morgan fingerprint density at radius 1 is 1.00 bits per heavy atom. The van der Waals surface area contributed by atoms with Gasteiger partial charge >= 0.3 is 7.82 Å². The SMILES string of the molecule is C=CCOP1(=O)Oc2ccccc2-c2ccccc2O1. The fraction of sp³-hybridized carbons (Fsp3) is 0.0667. The maximum atomic E-state index is 12.6. The summed E-state index contributed by atoms with van der Waals surface area (Å²) in [6, 6.07) is 14.7. The van der Waals surface area contributed by atoms with Gasteiger partial charge in [-0.05, 0) is 12.1 Å². The molecule has 3 rings (SSSR count). The quantitative estimate of drug-likeness (QED) is 0.619. The summed E-state index contributed by atoms with van der Waals surface area (Å²) in [6.07, 6.45) is 1.50. The van der Waals surface area contributed by atoms with E-state index in [1.165, 1.54) is 6.08 Å². The molecule has 1 aliphatic rings. The minimum absolute atomic E-state index is 0.0849. The van der Waals surface area contributed by atoms with Crippen molar-refractivity contribution in [1.29, 1.82) is 0 Å². The second-order valence-electron chi connectivity index (χ2n) is 4.21. The maximum absolute atomic E-state index is 12.6. The predicted octanol–water partition coefficient (Wildman–Crippen LogP) is 4.44. The number of hydrogen-bond donors (Lipinski definition) is 0. The van der Waals surface area contributed by atoms with E-state index in [0.717, 1.165) is 11.1 Å². The molecule has 0 bridgehead atoms. The molecule has 0 saturated heterocycles. The third-order valence-electron chi connectivity index (χ3n) is 2.84. The zero-order valence-electron chi connectivity index (χ0n) is 10.7. The van der Waals surface area contributed by atoms with Crippen LogP contribution in [0.5, 0.6) is 11.5 Å². The van der Waals surface area contributed by atoms with Gasteiger partial charge in [0.05, 0.1) is 6.61 Å². The molecule has 1 heterocycles. The fourth-order valence-electron chi connectivity index (χ4n) is 1.99. The molecule has 1 aliphatic heterocycles. The minimum Gasteiger partial charge on any atom is -0.394 e. The van der Waals surface area contributed by atoms with Crippen LogP contribution in [-0.4, -0.2) is 6.61 Å². The first-order chi connectivity index (χ1) is 9.72. The summed E-state index contributed by atoms with van der Waals surface area (Å²) in [5.74, 6) is 0.953. The molecule has 0 N–H and O–H groups in total. The highest BCUT2D eigenvalue weighted by Crippen LogP contribution is 2.56. The topological polar surface area (TPSA) is 44.8 Å². The number of phosphoric acid groups is 1. The minimum atomic E-state index is -3.71. The standard InChI is InChI=1S/C15H13O4P/c1-2-11-17-20(16)18-14-9-5-3-7-12(14)13-8-4-6-10-15(13)19-20/h2-10H,1,11H2. The molecule has 0 saturated carbocycles. The van der Waals surface area contributed by atoms with E-state index in [2.05, 4.69) is 6.58 Å². The molecule has 0 radical (unpaired) electrons. The lowest BCUT2D eigenvalue weighted by Gasteiger charge is -2.16. The van der Waals surface area contributed by atoms with Crippen LogP contribution < -0.4 is 9.05 Å². The van der Waals surface area contributed by atoms with Crippen molar-refractivity contribution in [2.75, 3.05) is 6.61 Å². The van der Waals surface area contributed by atoms with Gasteiger partial charge in [0.25, 0.3) is 0 Å². The van der Waals surface area contributed by atoms with Crippen LogP contribution in [0.4, 0.5) is 0 Å². The number of phosphoric ester groups is 1. The van der Waals surface area contributed by atoms with E-state index in [0.29, 0.717) is 11.5 Å². The Bertz CT molecular complexity index is 644. The molecule has 0 spiro atoms. The van der Waals surface area contributed by atoms with Crippen LogP contribution in [0, 0.1) is 0 Å². The van der Waals surface area contributed by atoms with Crippen LogP contribution in [0.25, 0.3) is 11.1 Å². The third kappa shape index (κ3) is 2.36. The third-order valence-corrected chi connectivity index (χ3v) is 4.14. The van der Waals surface area contributed by atoms with Crippen molar-refractivity contribution in [3.63, 3.8) is 0 Å². The number of para-hydroxylation sites is 2. The Labute approximate surface area is 117 Å². The number of benzene rings is 2. The van der Waals surface area contributed by atoms with E-state index in [9.17, 15) is 4.57 Å². The van der Waals surface area contributed by atoms with Gasteiger partial charge in [0.1, 0.15) is 11.5 Å². The maximum Gasteiger partial charge on any atom is 0.587 e. The predicted molar refractivity (Wildman–Crippen MR) is 76.9 cm³/mol. The monoisotopic (exact) mass is 288 g/mol. The summed E-state index contributed by atoms with van der Waals surface area (Å²) < 4.78 is 28.8. The van der Waals surface area contributed by atoms with E-state index in [1.54, 1.807) is 12.1 Å². The van der Waals surface area contributed by atoms with Gasteiger partial charge in [0.15, 0.2) is 0 Å². The van der Waals surface area contributed by atoms with Gasteiger partial charge in [-0.25, -0.2) is 4.57 Å². The molecule has 0 unspecified atom stereocenters. The van der Waals surface area contributed by atoms with Crippen LogP contribution >= 0.6 is 7.82 Å². The van der Waals surface area contributed by atoms with Crippen LogP contribution in [-0.2, 0) is 9.09 Å². The molecular formula is C15H13O4P. The van der Waals surface area contributed by atoms with E-state index in [1.807, 2.05) is 36.4 Å². The average molecular weight is 288 g/mol. The fourth-order valence-corrected chi connectivity index (χ4v) is 3.22. The van der Waals surface area contributed by atoms with Gasteiger partial charge in [-0.2, -0.15) is 0 Å². The van der Waals surface area contributed by atoms with Crippen LogP contribution in [0.2, 0.25) is 0 Å². The lowest BCUT2D eigenvalue weighted by atomic mass is 10.0. The van der Waals surface area contributed by atoms with Gasteiger partial charge in [-0.1, -0.05) is 42.5 Å². The van der Waals surface area contributed by atoms with Crippen LogP contribution in [0.1, 0.15) is 0 Å². The molecule has 0 aromatic heterocycles. The first-order valence-corrected chi connectivity index (χ1v) is 7.61. The molecule has 20 heavy (non-hydrogen) atoms. The Balaban J connectivity index is 2.14. The summed E-state index contributed by atoms with van der Waals surface area (Å²) in [7, 11) is -3.71. The number of fused-ring (bicyclic) bond motifs is 3. The van der Waals surface area contributed by atoms with Gasteiger partial charge in [-0.3, -0.25) is 4.52 Å².